The third-order valence-corrected chi connectivity index (χ3v) is 5.16. The molecule has 0 spiro atoms. The lowest BCUT2D eigenvalue weighted by molar-refractivity contribution is 0.0953. The minimum absolute atomic E-state index is 0.224. The molecule has 2 aromatic carbocycles. The lowest BCUT2D eigenvalue weighted by atomic mass is 10.1. The SMILES string of the molecule is CCOc1ccc(CCNC(=O)c2c(C)nn(Cc3ccccc3)c2Cl)cc1OCC. The van der Waals surface area contributed by atoms with Crippen LogP contribution in [0, 0.1) is 6.92 Å². The van der Waals surface area contributed by atoms with Crippen LogP contribution in [-0.2, 0) is 13.0 Å². The van der Waals surface area contributed by atoms with E-state index < -0.39 is 0 Å². The average Bonchev–Trinajstić information content (AvgIpc) is 3.03. The predicted molar refractivity (Wildman–Crippen MR) is 122 cm³/mol. The summed E-state index contributed by atoms with van der Waals surface area (Å²) in [5.41, 5.74) is 3.15. The van der Waals surface area contributed by atoms with E-state index in [1.807, 2.05) is 62.4 Å². The summed E-state index contributed by atoms with van der Waals surface area (Å²) in [6, 6.07) is 15.7. The van der Waals surface area contributed by atoms with Crippen LogP contribution in [0.1, 0.15) is 41.0 Å². The fourth-order valence-corrected chi connectivity index (χ4v) is 3.65. The Morgan fingerprint density at radius 3 is 2.45 bits per heavy atom. The molecule has 3 rings (SSSR count). The van der Waals surface area contributed by atoms with Crippen molar-refractivity contribution in [1.82, 2.24) is 15.1 Å². The van der Waals surface area contributed by atoms with Gasteiger partial charge in [0.25, 0.3) is 5.91 Å². The van der Waals surface area contributed by atoms with Crippen molar-refractivity contribution in [2.75, 3.05) is 19.8 Å². The van der Waals surface area contributed by atoms with Crippen molar-refractivity contribution in [3.05, 3.63) is 76.1 Å². The highest BCUT2D eigenvalue weighted by Crippen LogP contribution is 2.28. The number of hydrogen-bond acceptors (Lipinski definition) is 4. The zero-order valence-corrected chi connectivity index (χ0v) is 18.9. The maximum Gasteiger partial charge on any atom is 0.256 e. The van der Waals surface area contributed by atoms with Crippen molar-refractivity contribution in [3.8, 4) is 11.5 Å². The van der Waals surface area contributed by atoms with Gasteiger partial charge in [-0.1, -0.05) is 48.0 Å². The van der Waals surface area contributed by atoms with Crippen LogP contribution in [0.5, 0.6) is 11.5 Å². The molecule has 0 aliphatic carbocycles. The normalized spacial score (nSPS) is 10.7. The lowest BCUT2D eigenvalue weighted by Gasteiger charge is -2.12. The molecule has 0 fully saturated rings. The van der Waals surface area contributed by atoms with Gasteiger partial charge in [0.15, 0.2) is 11.5 Å². The molecule has 0 saturated heterocycles. The summed E-state index contributed by atoms with van der Waals surface area (Å²) in [6.45, 7) is 7.79. The van der Waals surface area contributed by atoms with E-state index in [2.05, 4.69) is 10.4 Å². The van der Waals surface area contributed by atoms with Crippen molar-refractivity contribution in [1.29, 1.82) is 0 Å². The second-order valence-corrected chi connectivity index (χ2v) is 7.41. The zero-order chi connectivity index (χ0) is 22.2. The van der Waals surface area contributed by atoms with Crippen LogP contribution in [0.4, 0.5) is 0 Å². The molecule has 164 valence electrons. The Hall–Kier alpha value is -2.99. The number of halogens is 1. The van der Waals surface area contributed by atoms with Crippen molar-refractivity contribution in [2.45, 2.75) is 33.7 Å². The summed E-state index contributed by atoms with van der Waals surface area (Å²) in [5.74, 6) is 1.22. The van der Waals surface area contributed by atoms with Gasteiger partial charge in [-0.15, -0.1) is 0 Å². The number of carbonyl (C=O) groups is 1. The quantitative estimate of drug-likeness (QED) is 0.496. The van der Waals surface area contributed by atoms with Gasteiger partial charge in [-0.2, -0.15) is 5.10 Å². The summed E-state index contributed by atoms with van der Waals surface area (Å²) >= 11 is 6.48. The first-order valence-electron chi connectivity index (χ1n) is 10.5. The maximum atomic E-state index is 12.8. The smallest absolute Gasteiger partial charge is 0.256 e. The second kappa shape index (κ2) is 10.9. The summed E-state index contributed by atoms with van der Waals surface area (Å²) in [7, 11) is 0. The number of aryl methyl sites for hydroxylation is 1. The van der Waals surface area contributed by atoms with Crippen molar-refractivity contribution >= 4 is 17.5 Å². The lowest BCUT2D eigenvalue weighted by Crippen LogP contribution is -2.26. The molecule has 0 radical (unpaired) electrons. The molecule has 0 bridgehead atoms. The molecule has 1 amide bonds. The molecular formula is C24H28ClN3O3. The van der Waals surface area contributed by atoms with Gasteiger partial charge >= 0.3 is 0 Å². The van der Waals surface area contributed by atoms with Crippen molar-refractivity contribution in [3.63, 3.8) is 0 Å². The first kappa shape index (κ1) is 22.7. The van der Waals surface area contributed by atoms with Gasteiger partial charge in [-0.05, 0) is 50.5 Å². The standard InChI is InChI=1S/C24H28ClN3O3/c1-4-30-20-12-11-18(15-21(20)31-5-2)13-14-26-24(29)22-17(3)27-28(23(22)25)16-19-9-7-6-8-10-19/h6-12,15H,4-5,13-14,16H2,1-3H3,(H,26,29). The maximum absolute atomic E-state index is 12.8. The molecule has 0 aliphatic heterocycles. The highest BCUT2D eigenvalue weighted by molar-refractivity contribution is 6.33. The van der Waals surface area contributed by atoms with E-state index in [9.17, 15) is 4.79 Å². The Labute approximate surface area is 188 Å². The van der Waals surface area contributed by atoms with E-state index in [4.69, 9.17) is 21.1 Å². The van der Waals surface area contributed by atoms with Crippen molar-refractivity contribution in [2.24, 2.45) is 0 Å². The van der Waals surface area contributed by atoms with Crippen LogP contribution >= 0.6 is 11.6 Å². The molecule has 3 aromatic rings. The number of nitrogens with zero attached hydrogens (tertiary/aromatic N) is 2. The molecule has 1 heterocycles. The van der Waals surface area contributed by atoms with E-state index >= 15 is 0 Å². The van der Waals surface area contributed by atoms with Crippen LogP contribution in [0.3, 0.4) is 0 Å². The molecule has 0 atom stereocenters. The molecule has 0 aliphatic rings. The van der Waals surface area contributed by atoms with Gasteiger partial charge in [-0.25, -0.2) is 4.68 Å². The monoisotopic (exact) mass is 441 g/mol. The van der Waals surface area contributed by atoms with Gasteiger partial charge in [0.2, 0.25) is 0 Å². The van der Waals surface area contributed by atoms with Crippen LogP contribution < -0.4 is 14.8 Å². The van der Waals surface area contributed by atoms with Crippen molar-refractivity contribution < 1.29 is 14.3 Å². The predicted octanol–water partition coefficient (Wildman–Crippen LogP) is 4.66. The first-order chi connectivity index (χ1) is 15.0. The minimum Gasteiger partial charge on any atom is -0.490 e. The van der Waals surface area contributed by atoms with E-state index in [0.717, 1.165) is 16.9 Å². The van der Waals surface area contributed by atoms with Crippen LogP contribution in [0.25, 0.3) is 0 Å². The number of carbonyl (C=O) groups excluding carboxylic acids is 1. The topological polar surface area (TPSA) is 65.4 Å². The molecule has 0 unspecified atom stereocenters. The minimum atomic E-state index is -0.224. The highest BCUT2D eigenvalue weighted by atomic mass is 35.5. The number of benzene rings is 2. The number of hydrogen-bond donors (Lipinski definition) is 1. The Morgan fingerprint density at radius 2 is 1.74 bits per heavy atom. The van der Waals surface area contributed by atoms with Crippen LogP contribution in [0.15, 0.2) is 48.5 Å². The van der Waals surface area contributed by atoms with Crippen LogP contribution in [-0.4, -0.2) is 35.4 Å². The van der Waals surface area contributed by atoms with Gasteiger partial charge in [0, 0.05) is 6.54 Å². The van der Waals surface area contributed by atoms with E-state index in [1.54, 1.807) is 11.6 Å². The van der Waals surface area contributed by atoms with Gasteiger partial charge in [0.1, 0.15) is 5.15 Å². The number of rotatable bonds is 10. The molecule has 31 heavy (non-hydrogen) atoms. The molecule has 1 aromatic heterocycles. The number of aromatic nitrogens is 2. The summed E-state index contributed by atoms with van der Waals surface area (Å²) < 4.78 is 12.9. The second-order valence-electron chi connectivity index (χ2n) is 7.05. The Kier molecular flexibility index (Phi) is 7.95. The summed E-state index contributed by atoms with van der Waals surface area (Å²) in [6.07, 6.45) is 0.660. The Bertz CT molecular complexity index is 1020. The number of amides is 1. The van der Waals surface area contributed by atoms with E-state index in [0.29, 0.717) is 54.9 Å². The summed E-state index contributed by atoms with van der Waals surface area (Å²) in [5, 5.41) is 7.74. The van der Waals surface area contributed by atoms with Gasteiger partial charge < -0.3 is 14.8 Å². The third-order valence-electron chi connectivity index (χ3n) is 4.77. The first-order valence-corrected chi connectivity index (χ1v) is 10.8. The average molecular weight is 442 g/mol. The molecular weight excluding hydrogens is 414 g/mol. The largest absolute Gasteiger partial charge is 0.490 e. The third kappa shape index (κ3) is 5.79. The Balaban J connectivity index is 1.63. The summed E-state index contributed by atoms with van der Waals surface area (Å²) in [4.78, 5) is 12.8. The fourth-order valence-electron chi connectivity index (χ4n) is 3.33. The molecule has 7 heteroatoms. The van der Waals surface area contributed by atoms with E-state index in [1.165, 1.54) is 0 Å². The number of ether oxygens (including phenoxy) is 2. The van der Waals surface area contributed by atoms with Crippen LogP contribution in [0.2, 0.25) is 5.15 Å². The number of nitrogens with one attached hydrogen (secondary N) is 1. The van der Waals surface area contributed by atoms with E-state index in [-0.39, 0.29) is 5.91 Å². The Morgan fingerprint density at radius 1 is 1.03 bits per heavy atom. The molecule has 1 N–H and O–H groups in total. The fraction of sp³-hybridized carbons (Fsp3) is 0.333. The molecule has 6 nitrogen and oxygen atoms in total. The highest BCUT2D eigenvalue weighted by Gasteiger charge is 2.20. The zero-order valence-electron chi connectivity index (χ0n) is 18.2. The van der Waals surface area contributed by atoms with Gasteiger partial charge in [-0.3, -0.25) is 4.79 Å². The van der Waals surface area contributed by atoms with Gasteiger partial charge in [0.05, 0.1) is 31.0 Å². The molecule has 0 saturated carbocycles.